The largest absolute Gasteiger partial charge is 0.435 e. The number of likely N-dealkylation sites (N-methyl/N-ethyl adjacent to an activating group) is 1. The van der Waals surface area contributed by atoms with E-state index >= 15 is 4.39 Å². The standard InChI is InChI=1S/C26H30F2N8O2/c1-4-35-7-9-36(10-8-35)16-5-6-20(30-13-16)34-24-21(25(37)29-3)26(32-14-31-24)38-19-12-18(27)23-17(22(19)28)11-15(2)33-23/h5,11-14,20,33H,4,6-10H2,1-3H3,(H,29,37)(H,31,32,34). The lowest BCUT2D eigenvalue weighted by atomic mass is 10.2. The van der Waals surface area contributed by atoms with Crippen molar-refractivity contribution in [2.24, 2.45) is 4.99 Å². The Morgan fingerprint density at radius 3 is 2.68 bits per heavy atom. The van der Waals surface area contributed by atoms with Crippen LogP contribution in [-0.4, -0.2) is 82.8 Å². The summed E-state index contributed by atoms with van der Waals surface area (Å²) >= 11 is 0. The van der Waals surface area contributed by atoms with Gasteiger partial charge in [0.1, 0.15) is 23.9 Å². The van der Waals surface area contributed by atoms with E-state index in [0.717, 1.165) is 44.5 Å². The van der Waals surface area contributed by atoms with Gasteiger partial charge in [-0.25, -0.2) is 18.7 Å². The van der Waals surface area contributed by atoms with Gasteiger partial charge in [-0.15, -0.1) is 0 Å². The highest BCUT2D eigenvalue weighted by atomic mass is 19.1. The van der Waals surface area contributed by atoms with Crippen LogP contribution in [0.1, 0.15) is 29.4 Å². The molecule has 200 valence electrons. The van der Waals surface area contributed by atoms with Crippen LogP contribution in [0.3, 0.4) is 0 Å². The molecule has 3 N–H and O–H groups in total. The van der Waals surface area contributed by atoms with Gasteiger partial charge in [-0.05, 0) is 19.5 Å². The Morgan fingerprint density at radius 2 is 2.00 bits per heavy atom. The Bertz CT molecular complexity index is 1410. The third-order valence-corrected chi connectivity index (χ3v) is 6.80. The first-order valence-corrected chi connectivity index (χ1v) is 12.6. The fraction of sp³-hybridized carbons (Fsp3) is 0.385. The number of aromatic amines is 1. The normalized spacial score (nSPS) is 18.0. The minimum Gasteiger partial charge on any atom is -0.435 e. The third-order valence-electron chi connectivity index (χ3n) is 6.80. The van der Waals surface area contributed by atoms with Crippen molar-refractivity contribution in [1.29, 1.82) is 0 Å². The van der Waals surface area contributed by atoms with Crippen LogP contribution in [0.4, 0.5) is 14.6 Å². The number of ether oxygens (including phenoxy) is 1. The number of halogens is 2. The molecular weight excluding hydrogens is 494 g/mol. The third kappa shape index (κ3) is 5.03. The minimum atomic E-state index is -0.768. The van der Waals surface area contributed by atoms with E-state index in [1.807, 2.05) is 6.21 Å². The zero-order chi connectivity index (χ0) is 26.8. The lowest BCUT2D eigenvalue weighted by molar-refractivity contribution is 0.0960. The number of allylic oxidation sites excluding steroid dienone is 1. The van der Waals surface area contributed by atoms with Gasteiger partial charge in [-0.3, -0.25) is 9.79 Å². The summed E-state index contributed by atoms with van der Waals surface area (Å²) in [5.41, 5.74) is 1.67. The van der Waals surface area contributed by atoms with Crippen LogP contribution in [0.5, 0.6) is 11.6 Å². The highest BCUT2D eigenvalue weighted by Gasteiger charge is 2.25. The SMILES string of the molecule is CCN1CCN(C2=CCC(Nc3ncnc(Oc4cc(F)c5[nH]c(C)cc5c4F)c3C(=O)NC)N=C2)CC1. The summed E-state index contributed by atoms with van der Waals surface area (Å²) < 4.78 is 35.5. The second-order valence-corrected chi connectivity index (χ2v) is 9.22. The predicted molar refractivity (Wildman–Crippen MR) is 141 cm³/mol. The summed E-state index contributed by atoms with van der Waals surface area (Å²) in [6.45, 7) is 8.84. The summed E-state index contributed by atoms with van der Waals surface area (Å²) in [6, 6.07) is 2.41. The number of nitrogens with one attached hydrogen (secondary N) is 3. The molecule has 0 radical (unpaired) electrons. The number of hydrogen-bond acceptors (Lipinski definition) is 8. The number of nitrogens with zero attached hydrogens (tertiary/aromatic N) is 5. The first-order chi connectivity index (χ1) is 18.4. The van der Waals surface area contributed by atoms with Gasteiger partial charge in [0, 0.05) is 63.0 Å². The number of carbonyl (C=O) groups excluding carboxylic acids is 1. The first kappa shape index (κ1) is 25.6. The van der Waals surface area contributed by atoms with Crippen molar-refractivity contribution in [2.45, 2.75) is 26.4 Å². The van der Waals surface area contributed by atoms with Crippen molar-refractivity contribution in [3.05, 3.63) is 53.1 Å². The molecule has 1 unspecified atom stereocenters. The molecule has 4 heterocycles. The van der Waals surface area contributed by atoms with Crippen molar-refractivity contribution in [1.82, 2.24) is 30.1 Å². The summed E-state index contributed by atoms with van der Waals surface area (Å²) in [7, 11) is 1.45. The van der Waals surface area contributed by atoms with Crippen LogP contribution < -0.4 is 15.4 Å². The topological polar surface area (TPSA) is 111 Å². The molecule has 0 saturated carbocycles. The maximum atomic E-state index is 15.2. The summed E-state index contributed by atoms with van der Waals surface area (Å²) in [5, 5.41) is 5.73. The molecule has 0 bridgehead atoms. The molecule has 38 heavy (non-hydrogen) atoms. The van der Waals surface area contributed by atoms with Gasteiger partial charge in [0.2, 0.25) is 5.88 Å². The second-order valence-electron chi connectivity index (χ2n) is 9.22. The van der Waals surface area contributed by atoms with E-state index in [1.165, 1.54) is 19.4 Å². The number of dihydropyridines is 1. The maximum Gasteiger partial charge on any atom is 0.260 e. The van der Waals surface area contributed by atoms with Gasteiger partial charge >= 0.3 is 0 Å². The molecule has 1 fully saturated rings. The number of aliphatic imine (C=N–C) groups is 1. The molecule has 1 saturated heterocycles. The Hall–Kier alpha value is -4.06. The van der Waals surface area contributed by atoms with Crippen LogP contribution in [0.25, 0.3) is 10.9 Å². The Labute approximate surface area is 218 Å². The average molecular weight is 525 g/mol. The number of benzene rings is 1. The van der Waals surface area contributed by atoms with Crippen LogP contribution >= 0.6 is 0 Å². The maximum absolute atomic E-state index is 15.2. The molecule has 12 heteroatoms. The van der Waals surface area contributed by atoms with Gasteiger partial charge in [-0.1, -0.05) is 13.0 Å². The van der Waals surface area contributed by atoms with Gasteiger partial charge < -0.3 is 30.2 Å². The van der Waals surface area contributed by atoms with E-state index < -0.39 is 23.3 Å². The smallest absolute Gasteiger partial charge is 0.260 e. The van der Waals surface area contributed by atoms with E-state index in [1.54, 1.807) is 6.92 Å². The molecule has 1 amide bonds. The number of hydrogen-bond donors (Lipinski definition) is 3. The zero-order valence-electron chi connectivity index (χ0n) is 21.5. The fourth-order valence-electron chi connectivity index (χ4n) is 4.70. The number of amides is 1. The van der Waals surface area contributed by atoms with Gasteiger partial charge in [-0.2, -0.15) is 0 Å². The van der Waals surface area contributed by atoms with Gasteiger partial charge in [0.05, 0.1) is 11.2 Å². The van der Waals surface area contributed by atoms with E-state index in [0.29, 0.717) is 12.1 Å². The number of anilines is 1. The predicted octanol–water partition coefficient (Wildman–Crippen LogP) is 3.43. The molecule has 2 aliphatic heterocycles. The second kappa shape index (κ2) is 10.7. The van der Waals surface area contributed by atoms with Crippen molar-refractivity contribution in [3.8, 4) is 11.6 Å². The number of H-pyrrole nitrogens is 1. The molecule has 2 aromatic heterocycles. The molecule has 0 aliphatic carbocycles. The van der Waals surface area contributed by atoms with Crippen LogP contribution in [0.2, 0.25) is 0 Å². The number of aromatic nitrogens is 3. The van der Waals surface area contributed by atoms with E-state index in [9.17, 15) is 9.18 Å². The Balaban J connectivity index is 1.36. The summed E-state index contributed by atoms with van der Waals surface area (Å²) in [6.07, 6.45) is 5.33. The molecule has 3 aromatic rings. The molecule has 10 nitrogen and oxygen atoms in total. The van der Waals surface area contributed by atoms with Crippen LogP contribution in [0.15, 0.2) is 35.2 Å². The highest BCUT2D eigenvalue weighted by molar-refractivity contribution is 6.01. The Kier molecular flexibility index (Phi) is 7.23. The summed E-state index contributed by atoms with van der Waals surface area (Å²) in [4.78, 5) is 33.2. The first-order valence-electron chi connectivity index (χ1n) is 12.6. The number of aryl methyl sites for hydroxylation is 1. The Morgan fingerprint density at radius 1 is 1.21 bits per heavy atom. The lowest BCUT2D eigenvalue weighted by Crippen LogP contribution is -2.46. The van der Waals surface area contributed by atoms with Gasteiger partial charge in [0.15, 0.2) is 17.4 Å². The van der Waals surface area contributed by atoms with Crippen molar-refractivity contribution >= 4 is 28.8 Å². The average Bonchev–Trinajstić information content (AvgIpc) is 3.34. The number of carbonyl (C=O) groups is 1. The van der Waals surface area contributed by atoms with Crippen molar-refractivity contribution in [3.63, 3.8) is 0 Å². The monoisotopic (exact) mass is 524 g/mol. The van der Waals surface area contributed by atoms with Crippen molar-refractivity contribution < 1.29 is 18.3 Å². The lowest BCUT2D eigenvalue weighted by Gasteiger charge is -2.36. The number of fused-ring (bicyclic) bond motifs is 1. The van der Waals surface area contributed by atoms with E-state index in [4.69, 9.17) is 4.74 Å². The van der Waals surface area contributed by atoms with Crippen LogP contribution in [0, 0.1) is 18.6 Å². The quantitative estimate of drug-likeness (QED) is 0.434. The molecule has 0 spiro atoms. The molecule has 1 aromatic carbocycles. The van der Waals surface area contributed by atoms with E-state index in [-0.39, 0.29) is 34.3 Å². The number of rotatable bonds is 7. The van der Waals surface area contributed by atoms with Crippen molar-refractivity contribution in [2.75, 3.05) is 45.1 Å². The fourth-order valence-corrected chi connectivity index (χ4v) is 4.70. The molecular formula is C26H30F2N8O2. The molecule has 2 aliphatic rings. The number of piperazine rings is 1. The molecule has 1 atom stereocenters. The van der Waals surface area contributed by atoms with E-state index in [2.05, 4.69) is 53.4 Å². The van der Waals surface area contributed by atoms with Gasteiger partial charge in [0.25, 0.3) is 5.91 Å². The minimum absolute atomic E-state index is 0.0405. The van der Waals surface area contributed by atoms with Crippen LogP contribution in [-0.2, 0) is 0 Å². The zero-order valence-corrected chi connectivity index (χ0v) is 21.5. The molecule has 5 rings (SSSR count). The highest BCUT2D eigenvalue weighted by Crippen LogP contribution is 2.34. The summed E-state index contributed by atoms with van der Waals surface area (Å²) in [5.74, 6) is -2.44.